The summed E-state index contributed by atoms with van der Waals surface area (Å²) < 4.78 is 54.1. The largest absolute Gasteiger partial charge is 0.462 e. The van der Waals surface area contributed by atoms with Crippen molar-refractivity contribution in [2.75, 3.05) is 19.0 Å². The van der Waals surface area contributed by atoms with E-state index in [4.69, 9.17) is 18.9 Å². The third-order valence-electron chi connectivity index (χ3n) is 11.5. The smallest absolute Gasteiger partial charge is 0.306 e. The summed E-state index contributed by atoms with van der Waals surface area (Å²) in [4.78, 5) is 25.4. The summed E-state index contributed by atoms with van der Waals surface area (Å²) in [7, 11) is -4.61. The molecule has 13 heteroatoms. The molecule has 0 saturated carbocycles. The third kappa shape index (κ3) is 33.6. The van der Waals surface area contributed by atoms with Crippen LogP contribution < -0.4 is 0 Å². The van der Waals surface area contributed by atoms with Gasteiger partial charge < -0.3 is 34.3 Å². The molecule has 1 aliphatic rings. The molecule has 1 saturated heterocycles. The van der Waals surface area contributed by atoms with E-state index in [0.717, 1.165) is 32.1 Å². The molecule has 0 aliphatic carbocycles. The predicted molar refractivity (Wildman–Crippen MR) is 247 cm³/mol. The fraction of sp³-hybridized carbons (Fsp3) is 0.878. The lowest BCUT2D eigenvalue weighted by atomic mass is 10.00. The standard InChI is InChI=1S/C49H90O12S/c1-3-5-7-9-11-13-15-17-19-20-21-22-24-25-27-29-31-33-35-37-44(50)58-39-42(40-59-49-48(54)47(53)46(52)43(61-49)41-62(55,56)57)60-45(51)38-36-34-32-30-28-26-23-18-16-14-12-10-8-6-4-2/h17,19,32,34,42-43,46-49,52-54H,3-16,18,20-31,33,35-41H2,1-2H3,(H,55,56,57)/b19-17+,34-32+/t42-,43-,46-,47?,48?,49+/m1/s1. The van der Waals surface area contributed by atoms with Gasteiger partial charge in [0.2, 0.25) is 0 Å². The van der Waals surface area contributed by atoms with Crippen LogP contribution in [0.1, 0.15) is 219 Å². The number of carbonyl (C=O) groups is 2. The van der Waals surface area contributed by atoms with Crippen molar-refractivity contribution in [2.24, 2.45) is 0 Å². The molecule has 0 radical (unpaired) electrons. The molecule has 6 atom stereocenters. The van der Waals surface area contributed by atoms with Crippen molar-refractivity contribution in [1.82, 2.24) is 0 Å². The zero-order valence-electron chi connectivity index (χ0n) is 39.0. The molecule has 1 rings (SSSR count). The molecule has 12 nitrogen and oxygen atoms in total. The molecule has 4 N–H and O–H groups in total. The van der Waals surface area contributed by atoms with Crippen LogP contribution in [0.4, 0.5) is 0 Å². The second kappa shape index (κ2) is 39.5. The monoisotopic (exact) mass is 903 g/mol. The average molecular weight is 903 g/mol. The third-order valence-corrected chi connectivity index (χ3v) is 12.3. The summed E-state index contributed by atoms with van der Waals surface area (Å²) in [5.74, 6) is -2.04. The molecule has 0 bridgehead atoms. The highest BCUT2D eigenvalue weighted by Crippen LogP contribution is 2.24. The number of carbonyl (C=O) groups excluding carboxylic acids is 2. The second-order valence-electron chi connectivity index (χ2n) is 17.5. The minimum absolute atomic E-state index is 0.0831. The molecule has 0 amide bonds. The highest BCUT2D eigenvalue weighted by Gasteiger charge is 2.46. The summed E-state index contributed by atoms with van der Waals surface area (Å²) >= 11 is 0. The Morgan fingerprint density at radius 3 is 1.40 bits per heavy atom. The molecule has 0 aromatic heterocycles. The quantitative estimate of drug-likeness (QED) is 0.0197. The lowest BCUT2D eigenvalue weighted by Gasteiger charge is -2.40. The van der Waals surface area contributed by atoms with E-state index in [9.17, 15) is 37.9 Å². The van der Waals surface area contributed by atoms with Gasteiger partial charge in [0, 0.05) is 12.8 Å². The second-order valence-corrected chi connectivity index (χ2v) is 19.0. The first kappa shape index (κ1) is 58.1. The van der Waals surface area contributed by atoms with Gasteiger partial charge in [-0.05, 0) is 51.4 Å². The number of hydrogen-bond donors (Lipinski definition) is 4. The normalized spacial score (nSPS) is 20.0. The van der Waals surface area contributed by atoms with E-state index in [0.29, 0.717) is 12.8 Å². The van der Waals surface area contributed by atoms with Crippen molar-refractivity contribution in [2.45, 2.75) is 256 Å². The van der Waals surface area contributed by atoms with Crippen LogP contribution in [0.3, 0.4) is 0 Å². The van der Waals surface area contributed by atoms with Gasteiger partial charge >= 0.3 is 11.9 Å². The van der Waals surface area contributed by atoms with Crippen LogP contribution in [0.5, 0.6) is 0 Å². The van der Waals surface area contributed by atoms with E-state index in [1.165, 1.54) is 148 Å². The van der Waals surface area contributed by atoms with E-state index < -0.39 is 71.2 Å². The first-order valence-corrected chi connectivity index (χ1v) is 26.5. The number of unbranched alkanes of at least 4 members (excludes halogenated alkanes) is 26. The Morgan fingerprint density at radius 1 is 0.532 bits per heavy atom. The molecule has 62 heavy (non-hydrogen) atoms. The topological polar surface area (TPSA) is 186 Å². The Kier molecular flexibility index (Phi) is 37.0. The zero-order valence-corrected chi connectivity index (χ0v) is 39.8. The van der Waals surface area contributed by atoms with Gasteiger partial charge in [-0.2, -0.15) is 8.42 Å². The van der Waals surface area contributed by atoms with E-state index >= 15 is 0 Å². The zero-order chi connectivity index (χ0) is 45.5. The summed E-state index contributed by atoms with van der Waals surface area (Å²) in [5.41, 5.74) is 0. The molecule has 0 aromatic carbocycles. The van der Waals surface area contributed by atoms with Gasteiger partial charge in [0.05, 0.1) is 6.61 Å². The van der Waals surface area contributed by atoms with Crippen molar-refractivity contribution in [3.8, 4) is 0 Å². The first-order valence-electron chi connectivity index (χ1n) is 24.9. The highest BCUT2D eigenvalue weighted by molar-refractivity contribution is 7.85. The number of hydrogen-bond acceptors (Lipinski definition) is 11. The van der Waals surface area contributed by atoms with Gasteiger partial charge in [-0.1, -0.05) is 179 Å². The number of esters is 2. The van der Waals surface area contributed by atoms with Crippen molar-refractivity contribution in [3.05, 3.63) is 24.3 Å². The van der Waals surface area contributed by atoms with Crippen molar-refractivity contribution in [1.29, 1.82) is 0 Å². The number of aliphatic hydroxyl groups is 3. The Balaban J connectivity index is 2.40. The minimum atomic E-state index is -4.61. The molecule has 364 valence electrons. The number of allylic oxidation sites excluding steroid dienone is 4. The van der Waals surface area contributed by atoms with E-state index in [2.05, 4.69) is 32.1 Å². The summed E-state index contributed by atoms with van der Waals surface area (Å²) in [6.07, 6.45) is 35.2. The van der Waals surface area contributed by atoms with Gasteiger partial charge in [0.25, 0.3) is 10.1 Å². The minimum Gasteiger partial charge on any atom is -0.462 e. The first-order chi connectivity index (χ1) is 30.0. The van der Waals surface area contributed by atoms with Crippen LogP contribution in [0.25, 0.3) is 0 Å². The van der Waals surface area contributed by atoms with Crippen LogP contribution in [0.2, 0.25) is 0 Å². The Bertz CT molecular complexity index is 1240. The molecule has 2 unspecified atom stereocenters. The summed E-state index contributed by atoms with van der Waals surface area (Å²) in [6.45, 7) is 3.75. The molecule has 0 aromatic rings. The van der Waals surface area contributed by atoms with Gasteiger partial charge in [-0.3, -0.25) is 14.1 Å². The van der Waals surface area contributed by atoms with Crippen LogP contribution in [0.15, 0.2) is 24.3 Å². The van der Waals surface area contributed by atoms with E-state index in [1.54, 1.807) is 0 Å². The van der Waals surface area contributed by atoms with E-state index in [-0.39, 0.29) is 19.4 Å². The Labute approximate surface area is 377 Å². The fourth-order valence-electron chi connectivity index (χ4n) is 7.63. The molecule has 1 fully saturated rings. The molecule has 0 spiro atoms. The van der Waals surface area contributed by atoms with Gasteiger partial charge in [-0.25, -0.2) is 0 Å². The van der Waals surface area contributed by atoms with Gasteiger partial charge in [-0.15, -0.1) is 0 Å². The molecular formula is C49H90O12S. The maximum Gasteiger partial charge on any atom is 0.306 e. The van der Waals surface area contributed by atoms with Crippen LogP contribution >= 0.6 is 0 Å². The predicted octanol–water partition coefficient (Wildman–Crippen LogP) is 10.8. The molecule has 1 aliphatic heterocycles. The maximum atomic E-state index is 12.8. The molecule has 1 heterocycles. The lowest BCUT2D eigenvalue weighted by Crippen LogP contribution is -2.60. The number of aliphatic hydroxyl groups excluding tert-OH is 3. The summed E-state index contributed by atoms with van der Waals surface area (Å²) in [5, 5.41) is 30.9. The van der Waals surface area contributed by atoms with Crippen molar-refractivity contribution in [3.63, 3.8) is 0 Å². The van der Waals surface area contributed by atoms with Crippen LogP contribution in [-0.2, 0) is 38.7 Å². The van der Waals surface area contributed by atoms with Crippen LogP contribution in [0, 0.1) is 0 Å². The lowest BCUT2D eigenvalue weighted by molar-refractivity contribution is -0.297. The number of rotatable bonds is 42. The van der Waals surface area contributed by atoms with Crippen molar-refractivity contribution >= 4 is 22.1 Å². The molecular weight excluding hydrogens is 813 g/mol. The maximum absolute atomic E-state index is 12.8. The highest BCUT2D eigenvalue weighted by atomic mass is 32.2. The number of ether oxygens (including phenoxy) is 4. The van der Waals surface area contributed by atoms with Crippen LogP contribution in [-0.4, -0.2) is 96.0 Å². The Morgan fingerprint density at radius 2 is 0.952 bits per heavy atom. The van der Waals surface area contributed by atoms with E-state index in [1.807, 2.05) is 6.08 Å². The Hall–Kier alpha value is -1.87. The van der Waals surface area contributed by atoms with Crippen molar-refractivity contribution < 1.29 is 56.8 Å². The summed E-state index contributed by atoms with van der Waals surface area (Å²) in [6, 6.07) is 0. The van der Waals surface area contributed by atoms with Gasteiger partial charge in [0.1, 0.15) is 36.8 Å². The SMILES string of the molecule is CCCCCCCC/C=C/CCCCCCCCCCCC(=O)OC[C@H](CO[C@H]1O[C@H](CS(=O)(=O)O)[C@@H](O)C(O)C1O)OC(=O)CC/C=C/CCCCCCCCCCCCC. The average Bonchev–Trinajstić information content (AvgIpc) is 3.24. The van der Waals surface area contributed by atoms with Gasteiger partial charge in [0.15, 0.2) is 12.4 Å². The fourth-order valence-corrected chi connectivity index (χ4v) is 8.32.